The molecule has 0 amide bonds. The first-order valence-corrected chi connectivity index (χ1v) is 8.16. The van der Waals surface area contributed by atoms with E-state index in [0.29, 0.717) is 0 Å². The lowest BCUT2D eigenvalue weighted by atomic mass is 9.85. The van der Waals surface area contributed by atoms with E-state index in [2.05, 4.69) is 0 Å². The number of alkyl halides is 26. The molecular weight excluding hydrogens is 662 g/mol. The molecule has 0 rings (SSSR count). The Morgan fingerprint density at radius 3 is 0.625 bits per heavy atom. The molecule has 0 unspecified atom stereocenters. The van der Waals surface area contributed by atoms with E-state index >= 15 is 0 Å². The molecule has 0 heterocycles. The fourth-order valence-corrected chi connectivity index (χ4v) is 1.98. The first kappa shape index (κ1) is 37.7. The lowest BCUT2D eigenvalue weighted by Crippen LogP contribution is -2.77. The highest BCUT2D eigenvalue weighted by molar-refractivity contribution is 5.24. The maximum atomic E-state index is 13.5. The second-order valence-corrected chi connectivity index (χ2v) is 6.99. The van der Waals surface area contributed by atoms with Crippen LogP contribution in [0.5, 0.6) is 0 Å². The third kappa shape index (κ3) is 4.81. The number of rotatable bonds is 9. The Kier molecular flexibility index (Phi) is 8.60. The minimum atomic E-state index is -9.58. The van der Waals surface area contributed by atoms with E-state index in [9.17, 15) is 114 Å². The summed E-state index contributed by atoms with van der Waals surface area (Å²) in [5.41, 5.74) is 0. The molecule has 0 aromatic heterocycles. The molecule has 0 bridgehead atoms. The van der Waals surface area contributed by atoms with Crippen molar-refractivity contribution in [1.29, 1.82) is 0 Å². The largest absolute Gasteiger partial charge is 0.460 e. The zero-order chi connectivity index (χ0) is 33.4. The third-order valence-corrected chi connectivity index (χ3v) is 4.27. The number of hydrogen-bond acceptors (Lipinski definition) is 0. The predicted octanol–water partition coefficient (Wildman–Crippen LogP) is 8.47. The Balaban J connectivity index is 7.27. The molecule has 0 aromatic carbocycles. The van der Waals surface area contributed by atoms with Gasteiger partial charge in [-0.2, -0.15) is 114 Å². The van der Waals surface area contributed by atoms with Gasteiger partial charge in [-0.05, 0) is 5.92 Å². The maximum Gasteiger partial charge on any atom is 0.460 e. The van der Waals surface area contributed by atoms with E-state index < -0.39 is 83.4 Å². The molecule has 238 valence electrons. The summed E-state index contributed by atoms with van der Waals surface area (Å²) in [6.45, 7) is 0. The molecule has 0 spiro atoms. The number of halogens is 26. The summed E-state index contributed by atoms with van der Waals surface area (Å²) < 4.78 is 335. The van der Waals surface area contributed by atoms with Crippen LogP contribution in [0.2, 0.25) is 0 Å². The summed E-state index contributed by atoms with van der Waals surface area (Å²) >= 11 is 0. The minimum Gasteiger partial charge on any atom is -0.192 e. The molecule has 0 N–H and O–H groups in total. The lowest BCUT2D eigenvalue weighted by Gasteiger charge is -2.44. The molecule has 0 aliphatic carbocycles. The molecule has 0 aromatic rings. The Morgan fingerprint density at radius 2 is 0.425 bits per heavy atom. The maximum absolute atomic E-state index is 13.5. The average molecular weight is 662 g/mol. The van der Waals surface area contributed by atoms with Crippen LogP contribution in [-0.4, -0.2) is 71.6 Å². The van der Waals surface area contributed by atoms with Crippen LogP contribution in [0, 0.1) is 11.8 Å². The fraction of sp³-hybridized carbons (Fsp3) is 0.857. The minimum absolute atomic E-state index is 1.01. The molecule has 0 aliphatic heterocycles. The van der Waals surface area contributed by atoms with Crippen molar-refractivity contribution >= 4 is 0 Å². The molecular formula is C14F26. The van der Waals surface area contributed by atoms with E-state index in [0.717, 1.165) is 0 Å². The average Bonchev–Trinajstić information content (AvgIpc) is 2.69. The zero-order valence-electron chi connectivity index (χ0n) is 16.8. The summed E-state index contributed by atoms with van der Waals surface area (Å²) in [6, 6.07) is 0. The van der Waals surface area contributed by atoms with Crippen LogP contribution in [0.15, 0.2) is 0 Å². The smallest absolute Gasteiger partial charge is 0.192 e. The summed E-state index contributed by atoms with van der Waals surface area (Å²) in [6.07, 6.45) is -14.6. The van der Waals surface area contributed by atoms with Crippen molar-refractivity contribution in [3.05, 3.63) is 0 Å². The summed E-state index contributed by atoms with van der Waals surface area (Å²) in [4.78, 5) is 0. The van der Waals surface area contributed by atoms with Gasteiger partial charge >= 0.3 is 71.6 Å². The molecule has 0 radical (unpaired) electrons. The van der Waals surface area contributed by atoms with Gasteiger partial charge in [0.1, 0.15) is 0 Å². The predicted molar refractivity (Wildman–Crippen MR) is 69.4 cm³/mol. The van der Waals surface area contributed by atoms with Crippen molar-refractivity contribution in [2.24, 2.45) is 0 Å². The fourth-order valence-electron chi connectivity index (χ4n) is 1.98. The van der Waals surface area contributed by atoms with Gasteiger partial charge < -0.3 is 0 Å². The van der Waals surface area contributed by atoms with E-state index in [1.54, 1.807) is 0 Å². The van der Waals surface area contributed by atoms with Gasteiger partial charge in [0.05, 0.1) is 0 Å². The summed E-state index contributed by atoms with van der Waals surface area (Å²) in [5.74, 6) is -92.8. The normalized spacial score (nSPS) is 16.6. The van der Waals surface area contributed by atoms with Gasteiger partial charge in [-0.15, -0.1) is 0 Å². The molecule has 0 saturated carbocycles. The van der Waals surface area contributed by atoms with Gasteiger partial charge in [0, 0.05) is 5.92 Å². The second-order valence-electron chi connectivity index (χ2n) is 6.99. The highest BCUT2D eigenvalue weighted by atomic mass is 19.4. The molecule has 0 aliphatic rings. The SMILES string of the molecule is FC(F)(F)C#CC(F)(F)C(F)(F)C(F)(F)C(F)(F)C(F)(F)C(F)(F)C(F)(F)C(F)(F)C(F)(F)C(F)(F)C(F)(F)F. The van der Waals surface area contributed by atoms with Crippen LogP contribution in [0.3, 0.4) is 0 Å². The van der Waals surface area contributed by atoms with Crippen molar-refractivity contribution in [3.8, 4) is 11.8 Å². The van der Waals surface area contributed by atoms with Crippen molar-refractivity contribution in [2.45, 2.75) is 71.6 Å². The quantitative estimate of drug-likeness (QED) is 0.172. The van der Waals surface area contributed by atoms with Crippen molar-refractivity contribution in [1.82, 2.24) is 0 Å². The van der Waals surface area contributed by atoms with E-state index in [1.165, 1.54) is 0 Å². The van der Waals surface area contributed by atoms with Crippen molar-refractivity contribution < 1.29 is 114 Å². The van der Waals surface area contributed by atoms with Gasteiger partial charge in [-0.3, -0.25) is 0 Å². The first-order chi connectivity index (χ1) is 16.7. The highest BCUT2D eigenvalue weighted by Gasteiger charge is 2.98. The highest BCUT2D eigenvalue weighted by Crippen LogP contribution is 2.67. The molecule has 0 atom stereocenters. The van der Waals surface area contributed by atoms with Crippen LogP contribution >= 0.6 is 0 Å². The van der Waals surface area contributed by atoms with Gasteiger partial charge in [-0.1, -0.05) is 0 Å². The van der Waals surface area contributed by atoms with E-state index in [4.69, 9.17) is 0 Å². The van der Waals surface area contributed by atoms with Crippen LogP contribution in [-0.2, 0) is 0 Å². The Bertz CT molecular complexity index is 991. The van der Waals surface area contributed by atoms with Crippen molar-refractivity contribution in [3.63, 3.8) is 0 Å². The van der Waals surface area contributed by atoms with E-state index in [1.807, 2.05) is 0 Å². The molecule has 0 saturated heterocycles. The molecule has 0 fully saturated rings. The standard InChI is InChI=1S/C14F26/c15-3(16,1-2-4(17,18)19)5(20,21)6(22,23)7(24,25)8(26,27)9(28,29)10(30,31)11(32,33)12(34,35)13(36,37)14(38,39)40. The van der Waals surface area contributed by atoms with Crippen LogP contribution in [0.25, 0.3) is 0 Å². The number of hydrogen-bond donors (Lipinski definition) is 0. The lowest BCUT2D eigenvalue weighted by molar-refractivity contribution is -0.477. The monoisotopic (exact) mass is 662 g/mol. The molecule has 26 heteroatoms. The molecule has 40 heavy (non-hydrogen) atoms. The zero-order valence-corrected chi connectivity index (χ0v) is 16.8. The Morgan fingerprint density at radius 1 is 0.225 bits per heavy atom. The Labute approximate surface area is 199 Å². The third-order valence-electron chi connectivity index (χ3n) is 4.27. The van der Waals surface area contributed by atoms with Gasteiger partial charge in [0.15, 0.2) is 0 Å². The van der Waals surface area contributed by atoms with Crippen LogP contribution in [0.1, 0.15) is 0 Å². The summed E-state index contributed by atoms with van der Waals surface area (Å²) in [7, 11) is 0. The van der Waals surface area contributed by atoms with Gasteiger partial charge in [0.25, 0.3) is 0 Å². The summed E-state index contributed by atoms with van der Waals surface area (Å²) in [5, 5.41) is 0. The van der Waals surface area contributed by atoms with Gasteiger partial charge in [-0.25, -0.2) is 0 Å². The van der Waals surface area contributed by atoms with Crippen LogP contribution < -0.4 is 0 Å². The molecule has 0 nitrogen and oxygen atoms in total. The topological polar surface area (TPSA) is 0 Å². The van der Waals surface area contributed by atoms with Crippen molar-refractivity contribution in [2.75, 3.05) is 0 Å². The Hall–Kier alpha value is -2.26. The first-order valence-electron chi connectivity index (χ1n) is 8.16. The second kappa shape index (κ2) is 9.12. The van der Waals surface area contributed by atoms with Crippen LogP contribution in [0.4, 0.5) is 114 Å². The van der Waals surface area contributed by atoms with Gasteiger partial charge in [0.2, 0.25) is 0 Å². The van der Waals surface area contributed by atoms with E-state index in [-0.39, 0.29) is 0 Å².